The van der Waals surface area contributed by atoms with E-state index in [4.69, 9.17) is 4.74 Å². The monoisotopic (exact) mass is 351 g/mol. The van der Waals surface area contributed by atoms with Crippen molar-refractivity contribution in [3.8, 4) is 0 Å². The highest BCUT2D eigenvalue weighted by molar-refractivity contribution is 5.96. The van der Waals surface area contributed by atoms with Gasteiger partial charge in [-0.3, -0.25) is 4.79 Å². The van der Waals surface area contributed by atoms with E-state index in [1.807, 2.05) is 19.1 Å². The fourth-order valence-corrected chi connectivity index (χ4v) is 2.17. The minimum atomic E-state index is -4.68. The molecule has 0 fully saturated rings. The number of benzene rings is 2. The minimum absolute atomic E-state index is 0.553. The van der Waals surface area contributed by atoms with Crippen LogP contribution in [0.25, 0.3) is 0 Å². The van der Waals surface area contributed by atoms with E-state index >= 15 is 0 Å². The number of amides is 1. The van der Waals surface area contributed by atoms with Crippen LogP contribution in [0.3, 0.4) is 0 Å². The van der Waals surface area contributed by atoms with Gasteiger partial charge in [-0.05, 0) is 43.2 Å². The smallest absolute Gasteiger partial charge is 0.417 e. The van der Waals surface area contributed by atoms with Crippen LogP contribution in [0.4, 0.5) is 18.9 Å². The number of carbonyl (C=O) groups is 2. The lowest BCUT2D eigenvalue weighted by atomic mass is 10.1. The molecule has 0 saturated heterocycles. The SMILES string of the molecule is Cc1ccc(C)c(NC(=O)COC(=O)c2ccccc2C(F)(F)F)c1. The number of esters is 1. The molecule has 25 heavy (non-hydrogen) atoms. The van der Waals surface area contributed by atoms with E-state index in [2.05, 4.69) is 5.32 Å². The first-order valence-corrected chi connectivity index (χ1v) is 7.39. The van der Waals surface area contributed by atoms with Gasteiger partial charge >= 0.3 is 12.1 Å². The Morgan fingerprint density at radius 1 is 1.08 bits per heavy atom. The van der Waals surface area contributed by atoms with E-state index in [9.17, 15) is 22.8 Å². The largest absolute Gasteiger partial charge is 0.452 e. The molecule has 7 heteroatoms. The highest BCUT2D eigenvalue weighted by atomic mass is 19.4. The summed E-state index contributed by atoms with van der Waals surface area (Å²) in [4.78, 5) is 23.8. The first-order chi connectivity index (χ1) is 11.7. The molecule has 1 N–H and O–H groups in total. The van der Waals surface area contributed by atoms with Gasteiger partial charge in [0.15, 0.2) is 6.61 Å². The number of carbonyl (C=O) groups excluding carboxylic acids is 2. The van der Waals surface area contributed by atoms with Crippen molar-refractivity contribution in [1.29, 1.82) is 0 Å². The molecule has 0 spiro atoms. The molecule has 0 atom stereocenters. The van der Waals surface area contributed by atoms with Crippen LogP contribution < -0.4 is 5.32 Å². The Kier molecular flexibility index (Phi) is 5.46. The van der Waals surface area contributed by atoms with Crippen LogP contribution >= 0.6 is 0 Å². The summed E-state index contributed by atoms with van der Waals surface area (Å²) in [5, 5.41) is 2.56. The molecule has 2 aromatic carbocycles. The number of nitrogens with one attached hydrogen (secondary N) is 1. The third-order valence-electron chi connectivity index (χ3n) is 3.45. The summed E-state index contributed by atoms with van der Waals surface area (Å²) >= 11 is 0. The van der Waals surface area contributed by atoms with Crippen molar-refractivity contribution in [3.05, 3.63) is 64.7 Å². The lowest BCUT2D eigenvalue weighted by molar-refractivity contribution is -0.138. The zero-order valence-electron chi connectivity index (χ0n) is 13.6. The summed E-state index contributed by atoms with van der Waals surface area (Å²) in [6.45, 7) is 2.96. The Hall–Kier alpha value is -2.83. The first kappa shape index (κ1) is 18.5. The second-order valence-corrected chi connectivity index (χ2v) is 5.49. The maximum absolute atomic E-state index is 12.9. The van der Waals surface area contributed by atoms with Crippen LogP contribution in [0.15, 0.2) is 42.5 Å². The molecule has 0 heterocycles. The van der Waals surface area contributed by atoms with Crippen molar-refractivity contribution in [2.24, 2.45) is 0 Å². The van der Waals surface area contributed by atoms with Crippen molar-refractivity contribution in [2.45, 2.75) is 20.0 Å². The highest BCUT2D eigenvalue weighted by Gasteiger charge is 2.35. The third kappa shape index (κ3) is 4.82. The zero-order valence-corrected chi connectivity index (χ0v) is 13.6. The summed E-state index contributed by atoms with van der Waals surface area (Å²) < 4.78 is 43.4. The van der Waals surface area contributed by atoms with Crippen molar-refractivity contribution < 1.29 is 27.5 Å². The number of ether oxygens (including phenoxy) is 1. The molecule has 1 amide bonds. The van der Waals surface area contributed by atoms with Crippen LogP contribution in [0, 0.1) is 13.8 Å². The van der Waals surface area contributed by atoms with Crippen molar-refractivity contribution >= 4 is 17.6 Å². The van der Waals surface area contributed by atoms with E-state index < -0.39 is 35.8 Å². The Bertz CT molecular complexity index is 800. The molecule has 0 radical (unpaired) electrons. The summed E-state index contributed by atoms with van der Waals surface area (Å²) in [7, 11) is 0. The standard InChI is InChI=1S/C18H16F3NO3/c1-11-7-8-12(2)15(9-11)22-16(23)10-25-17(24)13-5-3-4-6-14(13)18(19,20)21/h3-9H,10H2,1-2H3,(H,22,23). The molecule has 4 nitrogen and oxygen atoms in total. The second kappa shape index (κ2) is 7.38. The lowest BCUT2D eigenvalue weighted by Gasteiger charge is -2.12. The molecular weight excluding hydrogens is 335 g/mol. The van der Waals surface area contributed by atoms with Gasteiger partial charge in [-0.25, -0.2) is 4.79 Å². The quantitative estimate of drug-likeness (QED) is 0.843. The van der Waals surface area contributed by atoms with Crippen LogP contribution in [0.5, 0.6) is 0 Å². The van der Waals surface area contributed by atoms with E-state index in [-0.39, 0.29) is 0 Å². The molecule has 0 saturated carbocycles. The molecule has 132 valence electrons. The van der Waals surface area contributed by atoms with E-state index in [1.165, 1.54) is 12.1 Å². The highest BCUT2D eigenvalue weighted by Crippen LogP contribution is 2.32. The van der Waals surface area contributed by atoms with Gasteiger partial charge in [0.05, 0.1) is 11.1 Å². The minimum Gasteiger partial charge on any atom is -0.452 e. The zero-order chi connectivity index (χ0) is 18.6. The first-order valence-electron chi connectivity index (χ1n) is 7.39. The number of aryl methyl sites for hydroxylation is 2. The number of anilines is 1. The molecule has 0 aromatic heterocycles. The van der Waals surface area contributed by atoms with Crippen molar-refractivity contribution in [2.75, 3.05) is 11.9 Å². The van der Waals surface area contributed by atoms with Gasteiger partial charge in [-0.15, -0.1) is 0 Å². The van der Waals surface area contributed by atoms with Gasteiger partial charge in [0.2, 0.25) is 0 Å². The van der Waals surface area contributed by atoms with Crippen molar-refractivity contribution in [3.63, 3.8) is 0 Å². The molecular formula is C18H16F3NO3. The summed E-state index contributed by atoms with van der Waals surface area (Å²) in [6, 6.07) is 9.69. The topological polar surface area (TPSA) is 55.4 Å². The number of hydrogen-bond donors (Lipinski definition) is 1. The van der Waals surface area contributed by atoms with Crippen LogP contribution in [0.2, 0.25) is 0 Å². The lowest BCUT2D eigenvalue weighted by Crippen LogP contribution is -2.22. The Morgan fingerprint density at radius 3 is 2.44 bits per heavy atom. The summed E-state index contributed by atoms with van der Waals surface area (Å²) in [5.74, 6) is -1.84. The predicted molar refractivity (Wildman–Crippen MR) is 86.3 cm³/mol. The van der Waals surface area contributed by atoms with Gasteiger partial charge in [-0.2, -0.15) is 13.2 Å². The summed E-state index contributed by atoms with van der Waals surface area (Å²) in [5.41, 5.74) is 0.561. The van der Waals surface area contributed by atoms with Gasteiger partial charge in [0, 0.05) is 5.69 Å². The normalized spacial score (nSPS) is 11.1. The van der Waals surface area contributed by atoms with Gasteiger partial charge in [-0.1, -0.05) is 24.3 Å². The average Bonchev–Trinajstić information content (AvgIpc) is 2.55. The number of halogens is 3. The van der Waals surface area contributed by atoms with E-state index in [1.54, 1.807) is 13.0 Å². The van der Waals surface area contributed by atoms with Crippen LogP contribution in [-0.2, 0) is 15.7 Å². The molecule has 0 aliphatic carbocycles. The maximum atomic E-state index is 12.9. The Morgan fingerprint density at radius 2 is 1.76 bits per heavy atom. The Labute approximate surface area is 142 Å². The molecule has 0 aliphatic heterocycles. The third-order valence-corrected chi connectivity index (χ3v) is 3.45. The number of hydrogen-bond acceptors (Lipinski definition) is 3. The number of rotatable bonds is 4. The average molecular weight is 351 g/mol. The van der Waals surface area contributed by atoms with Crippen LogP contribution in [0.1, 0.15) is 27.0 Å². The van der Waals surface area contributed by atoms with Crippen molar-refractivity contribution in [1.82, 2.24) is 0 Å². The molecule has 2 aromatic rings. The molecule has 0 unspecified atom stereocenters. The second-order valence-electron chi connectivity index (χ2n) is 5.49. The van der Waals surface area contributed by atoms with Crippen LogP contribution in [-0.4, -0.2) is 18.5 Å². The van der Waals surface area contributed by atoms with Gasteiger partial charge in [0.1, 0.15) is 0 Å². The molecule has 0 bridgehead atoms. The number of alkyl halides is 3. The maximum Gasteiger partial charge on any atom is 0.417 e. The molecule has 2 rings (SSSR count). The van der Waals surface area contributed by atoms with E-state index in [0.717, 1.165) is 23.3 Å². The predicted octanol–water partition coefficient (Wildman–Crippen LogP) is 4.12. The Balaban J connectivity index is 2.03. The fourth-order valence-electron chi connectivity index (χ4n) is 2.17. The summed E-state index contributed by atoms with van der Waals surface area (Å²) in [6.07, 6.45) is -4.68. The van der Waals surface area contributed by atoms with Gasteiger partial charge in [0.25, 0.3) is 5.91 Å². The van der Waals surface area contributed by atoms with Gasteiger partial charge < -0.3 is 10.1 Å². The molecule has 0 aliphatic rings. The fraction of sp³-hybridized carbons (Fsp3) is 0.222. The van der Waals surface area contributed by atoms with E-state index in [0.29, 0.717) is 5.69 Å².